The van der Waals surface area contributed by atoms with Crippen LogP contribution in [0.25, 0.3) is 0 Å². The maximum Gasteiger partial charge on any atom is 0.236 e. The van der Waals surface area contributed by atoms with E-state index in [0.29, 0.717) is 6.42 Å². The minimum absolute atomic E-state index is 0.188. The van der Waals surface area contributed by atoms with Gasteiger partial charge in [-0.15, -0.1) is 0 Å². The summed E-state index contributed by atoms with van der Waals surface area (Å²) in [5.41, 5.74) is 0. The lowest BCUT2D eigenvalue weighted by Crippen LogP contribution is -2.20. The fourth-order valence-electron chi connectivity index (χ4n) is 4.05. The van der Waals surface area contributed by atoms with Crippen LogP contribution in [-0.4, -0.2) is 20.7 Å². The summed E-state index contributed by atoms with van der Waals surface area (Å²) in [6.07, 6.45) is 11.0. The monoisotopic (exact) mass is 365 g/mol. The van der Waals surface area contributed by atoms with Crippen LogP contribution in [0.3, 0.4) is 0 Å². The van der Waals surface area contributed by atoms with E-state index < -0.39 is 0 Å². The first-order valence-corrected chi connectivity index (χ1v) is 10.5. The summed E-state index contributed by atoms with van der Waals surface area (Å²) in [6, 6.07) is 2.68. The smallest absolute Gasteiger partial charge is 0.236 e. The topological polar surface area (TPSA) is 62.5 Å². The number of nitrogens with zero attached hydrogens (tertiary/aromatic N) is 1. The third-order valence-electron chi connectivity index (χ3n) is 5.76. The van der Waals surface area contributed by atoms with E-state index in [9.17, 15) is 15.0 Å². The predicted molar refractivity (Wildman–Crippen MR) is 108 cm³/mol. The largest absolute Gasteiger partial charge is 0.494 e. The molecule has 2 N–H and O–H groups in total. The third-order valence-corrected chi connectivity index (χ3v) is 5.76. The van der Waals surface area contributed by atoms with Crippen LogP contribution >= 0.6 is 0 Å². The number of hydrogen-bond donors (Lipinski definition) is 2. The molecular formula is C22H39NO3. The standard InChI is InChI=1S/C22H39NO3/c1-5-7-11-17(3)19(18(4)12-8-6-2)13-9-10-14-20(24)23-21(25)15-16-22(23)26/h15-19,25-26H,5-14H2,1-4H3. The number of aromatic hydroxyl groups is 2. The Morgan fingerprint density at radius 3 is 1.85 bits per heavy atom. The molecule has 0 saturated carbocycles. The molecule has 0 aliphatic carbocycles. The van der Waals surface area contributed by atoms with Crippen molar-refractivity contribution in [2.75, 3.05) is 0 Å². The van der Waals surface area contributed by atoms with Gasteiger partial charge in [-0.2, -0.15) is 0 Å². The molecule has 1 aromatic rings. The first kappa shape index (κ1) is 22.6. The molecule has 0 radical (unpaired) electrons. The molecule has 1 aromatic heterocycles. The third kappa shape index (κ3) is 7.05. The van der Waals surface area contributed by atoms with E-state index in [-0.39, 0.29) is 17.7 Å². The van der Waals surface area contributed by atoms with Gasteiger partial charge in [0.15, 0.2) is 0 Å². The van der Waals surface area contributed by atoms with Crippen molar-refractivity contribution in [1.82, 2.24) is 4.57 Å². The number of carbonyl (C=O) groups is 1. The summed E-state index contributed by atoms with van der Waals surface area (Å²) in [4.78, 5) is 12.2. The van der Waals surface area contributed by atoms with Gasteiger partial charge in [-0.1, -0.05) is 72.6 Å². The maximum atomic E-state index is 12.2. The quantitative estimate of drug-likeness (QED) is 0.399. The minimum Gasteiger partial charge on any atom is -0.494 e. The Balaban J connectivity index is 2.50. The Morgan fingerprint density at radius 1 is 0.885 bits per heavy atom. The fourth-order valence-corrected chi connectivity index (χ4v) is 4.05. The first-order valence-electron chi connectivity index (χ1n) is 10.5. The van der Waals surface area contributed by atoms with E-state index in [1.54, 1.807) is 0 Å². The molecule has 0 saturated heterocycles. The van der Waals surface area contributed by atoms with E-state index in [2.05, 4.69) is 27.7 Å². The summed E-state index contributed by atoms with van der Waals surface area (Å²) in [5.74, 6) is 1.57. The normalized spacial score (nSPS) is 14.9. The second-order valence-electron chi connectivity index (χ2n) is 7.93. The van der Waals surface area contributed by atoms with Gasteiger partial charge in [0.1, 0.15) is 0 Å². The van der Waals surface area contributed by atoms with Gasteiger partial charge in [-0.25, -0.2) is 4.57 Å². The van der Waals surface area contributed by atoms with Crippen molar-refractivity contribution < 1.29 is 15.0 Å². The second-order valence-corrected chi connectivity index (χ2v) is 7.93. The van der Waals surface area contributed by atoms with Crippen molar-refractivity contribution >= 4 is 5.91 Å². The Bertz CT molecular complexity index is 490. The minimum atomic E-state index is -0.236. The van der Waals surface area contributed by atoms with Crippen LogP contribution in [0.15, 0.2) is 12.1 Å². The summed E-state index contributed by atoms with van der Waals surface area (Å²) < 4.78 is 0.991. The SMILES string of the molecule is CCCCC(C)C(CCCCC(=O)n1c(O)ccc1O)C(C)CCCC. The zero-order chi connectivity index (χ0) is 19.5. The van der Waals surface area contributed by atoms with Crippen molar-refractivity contribution in [2.45, 2.75) is 91.9 Å². The molecule has 2 unspecified atom stereocenters. The van der Waals surface area contributed by atoms with Gasteiger partial charge in [0, 0.05) is 18.6 Å². The highest BCUT2D eigenvalue weighted by atomic mass is 16.3. The van der Waals surface area contributed by atoms with Gasteiger partial charge in [-0.05, 0) is 30.6 Å². The van der Waals surface area contributed by atoms with Gasteiger partial charge in [0.2, 0.25) is 17.7 Å². The molecule has 0 fully saturated rings. The molecular weight excluding hydrogens is 326 g/mol. The molecule has 150 valence electrons. The zero-order valence-electron chi connectivity index (χ0n) is 17.2. The molecule has 0 amide bonds. The summed E-state index contributed by atoms with van der Waals surface area (Å²) >= 11 is 0. The number of rotatable bonds is 13. The Morgan fingerprint density at radius 2 is 1.38 bits per heavy atom. The molecule has 26 heavy (non-hydrogen) atoms. The lowest BCUT2D eigenvalue weighted by atomic mass is 9.76. The first-order chi connectivity index (χ1) is 12.4. The molecule has 2 atom stereocenters. The molecule has 4 nitrogen and oxygen atoms in total. The highest BCUT2D eigenvalue weighted by Gasteiger charge is 2.23. The summed E-state index contributed by atoms with van der Waals surface area (Å²) in [7, 11) is 0. The maximum absolute atomic E-state index is 12.2. The number of hydrogen-bond acceptors (Lipinski definition) is 3. The van der Waals surface area contributed by atoms with Crippen LogP contribution in [0, 0.1) is 17.8 Å². The van der Waals surface area contributed by atoms with Crippen molar-refractivity contribution in [3.05, 3.63) is 12.1 Å². The van der Waals surface area contributed by atoms with Crippen LogP contribution in [0.2, 0.25) is 0 Å². The summed E-state index contributed by atoms with van der Waals surface area (Å²) in [5, 5.41) is 19.3. The van der Waals surface area contributed by atoms with Crippen molar-refractivity contribution in [1.29, 1.82) is 0 Å². The van der Waals surface area contributed by atoms with Crippen LogP contribution < -0.4 is 0 Å². The predicted octanol–water partition coefficient (Wildman–Crippen LogP) is 6.37. The highest BCUT2D eigenvalue weighted by Crippen LogP contribution is 2.33. The second kappa shape index (κ2) is 12.0. The van der Waals surface area contributed by atoms with Crippen LogP contribution in [-0.2, 0) is 0 Å². The number of unbranched alkanes of at least 4 members (excludes halogenated alkanes) is 3. The van der Waals surface area contributed by atoms with Gasteiger partial charge in [0.25, 0.3) is 0 Å². The van der Waals surface area contributed by atoms with Crippen molar-refractivity contribution in [3.8, 4) is 11.8 Å². The molecule has 0 aromatic carbocycles. The van der Waals surface area contributed by atoms with Crippen LogP contribution in [0.4, 0.5) is 0 Å². The van der Waals surface area contributed by atoms with E-state index in [1.165, 1.54) is 50.7 Å². The molecule has 0 spiro atoms. The average Bonchev–Trinajstić information content (AvgIpc) is 2.95. The molecule has 0 bridgehead atoms. The van der Waals surface area contributed by atoms with E-state index in [4.69, 9.17) is 0 Å². The number of aromatic nitrogens is 1. The average molecular weight is 366 g/mol. The lowest BCUT2D eigenvalue weighted by molar-refractivity contribution is 0.0878. The van der Waals surface area contributed by atoms with Crippen molar-refractivity contribution in [3.63, 3.8) is 0 Å². The lowest BCUT2D eigenvalue weighted by Gasteiger charge is -2.30. The molecule has 1 heterocycles. The van der Waals surface area contributed by atoms with Gasteiger partial charge in [-0.3, -0.25) is 4.79 Å². The van der Waals surface area contributed by atoms with Gasteiger partial charge in [0.05, 0.1) is 0 Å². The molecule has 4 heteroatoms. The zero-order valence-corrected chi connectivity index (χ0v) is 17.2. The van der Waals surface area contributed by atoms with E-state index >= 15 is 0 Å². The van der Waals surface area contributed by atoms with Crippen LogP contribution in [0.5, 0.6) is 11.8 Å². The molecule has 0 aliphatic heterocycles. The Hall–Kier alpha value is -1.45. The van der Waals surface area contributed by atoms with Crippen LogP contribution in [0.1, 0.15) is 96.7 Å². The van der Waals surface area contributed by atoms with Crippen molar-refractivity contribution in [2.24, 2.45) is 17.8 Å². The van der Waals surface area contributed by atoms with E-state index in [1.807, 2.05) is 0 Å². The molecule has 1 rings (SSSR count). The van der Waals surface area contributed by atoms with E-state index in [0.717, 1.165) is 41.6 Å². The van der Waals surface area contributed by atoms with Gasteiger partial charge >= 0.3 is 0 Å². The highest BCUT2D eigenvalue weighted by molar-refractivity contribution is 5.82. The number of carbonyl (C=O) groups excluding carboxylic acids is 1. The summed E-state index contributed by atoms with van der Waals surface area (Å²) in [6.45, 7) is 9.29. The fraction of sp³-hybridized carbons (Fsp3) is 0.773. The molecule has 0 aliphatic rings. The Labute approximate surface area is 159 Å². The Kier molecular flexibility index (Phi) is 10.5. The van der Waals surface area contributed by atoms with Gasteiger partial charge < -0.3 is 10.2 Å².